The fraction of sp³-hybridized carbons (Fsp3) is 0.300. The van der Waals surface area contributed by atoms with Gasteiger partial charge in [0.15, 0.2) is 0 Å². The van der Waals surface area contributed by atoms with Gasteiger partial charge in [0.1, 0.15) is 11.9 Å². The van der Waals surface area contributed by atoms with Gasteiger partial charge in [0.25, 0.3) is 0 Å². The zero-order valence-corrected chi connectivity index (χ0v) is 7.83. The summed E-state index contributed by atoms with van der Waals surface area (Å²) in [5.41, 5.74) is 6.45. The molecule has 76 valence electrons. The Balaban J connectivity index is 2.87. The molecule has 0 unspecified atom stereocenters. The number of hydrogen-bond acceptors (Lipinski definition) is 2. The lowest BCUT2D eigenvalue weighted by molar-refractivity contribution is -0.138. The minimum atomic E-state index is -1.08. The molecular weight excluding hydrogens is 185 g/mol. The molecule has 1 aromatic carbocycles. The molecule has 0 saturated heterocycles. The summed E-state index contributed by atoms with van der Waals surface area (Å²) >= 11 is 0. The van der Waals surface area contributed by atoms with Crippen molar-refractivity contribution in [3.63, 3.8) is 0 Å². The summed E-state index contributed by atoms with van der Waals surface area (Å²) in [5, 5.41) is 8.58. The average molecular weight is 197 g/mol. The van der Waals surface area contributed by atoms with E-state index in [1.807, 2.05) is 0 Å². The van der Waals surface area contributed by atoms with Gasteiger partial charge in [-0.05, 0) is 30.5 Å². The maximum absolute atomic E-state index is 13.0. The van der Waals surface area contributed by atoms with Crippen LogP contribution >= 0.6 is 0 Å². The Hall–Kier alpha value is -1.42. The minimum absolute atomic E-state index is 0.152. The summed E-state index contributed by atoms with van der Waals surface area (Å²) in [7, 11) is 0. The van der Waals surface area contributed by atoms with Gasteiger partial charge < -0.3 is 10.8 Å². The van der Waals surface area contributed by atoms with E-state index in [9.17, 15) is 9.18 Å². The van der Waals surface area contributed by atoms with E-state index < -0.39 is 12.0 Å². The summed E-state index contributed by atoms with van der Waals surface area (Å²) in [5.74, 6) is -1.41. The second-order valence-electron chi connectivity index (χ2n) is 3.17. The molecule has 0 saturated carbocycles. The van der Waals surface area contributed by atoms with Crippen LogP contribution in [0.4, 0.5) is 4.39 Å². The van der Waals surface area contributed by atoms with Crippen molar-refractivity contribution in [2.24, 2.45) is 5.73 Å². The highest BCUT2D eigenvalue weighted by Gasteiger charge is 2.14. The van der Waals surface area contributed by atoms with Crippen LogP contribution < -0.4 is 5.73 Å². The zero-order chi connectivity index (χ0) is 10.7. The largest absolute Gasteiger partial charge is 0.480 e. The zero-order valence-electron chi connectivity index (χ0n) is 7.83. The fourth-order valence-electron chi connectivity index (χ4n) is 1.20. The quantitative estimate of drug-likeness (QED) is 0.762. The lowest BCUT2D eigenvalue weighted by Crippen LogP contribution is -2.32. The average Bonchev–Trinajstić information content (AvgIpc) is 2.12. The molecule has 0 bridgehead atoms. The number of carbonyl (C=O) groups is 1. The SMILES string of the molecule is Cc1c(F)cccc1C[C@@H](N)C(=O)O. The van der Waals surface area contributed by atoms with Crippen molar-refractivity contribution >= 4 is 5.97 Å². The van der Waals surface area contributed by atoms with Crippen LogP contribution in [-0.4, -0.2) is 17.1 Å². The second-order valence-corrected chi connectivity index (χ2v) is 3.17. The van der Waals surface area contributed by atoms with Crippen LogP contribution in [0, 0.1) is 12.7 Å². The van der Waals surface area contributed by atoms with Gasteiger partial charge in [-0.1, -0.05) is 12.1 Å². The first-order chi connectivity index (χ1) is 6.52. The fourth-order valence-corrected chi connectivity index (χ4v) is 1.20. The van der Waals surface area contributed by atoms with Gasteiger partial charge in [-0.3, -0.25) is 4.79 Å². The van der Waals surface area contributed by atoms with Crippen LogP contribution in [0.5, 0.6) is 0 Å². The normalized spacial score (nSPS) is 12.5. The molecule has 0 aliphatic rings. The second kappa shape index (κ2) is 4.19. The van der Waals surface area contributed by atoms with Crippen molar-refractivity contribution < 1.29 is 14.3 Å². The molecule has 0 heterocycles. The van der Waals surface area contributed by atoms with Gasteiger partial charge in [-0.25, -0.2) is 4.39 Å². The van der Waals surface area contributed by atoms with Crippen LogP contribution in [0.15, 0.2) is 18.2 Å². The smallest absolute Gasteiger partial charge is 0.320 e. The molecule has 1 atom stereocenters. The van der Waals surface area contributed by atoms with Gasteiger partial charge in [0.2, 0.25) is 0 Å². The summed E-state index contributed by atoms with van der Waals surface area (Å²) < 4.78 is 13.0. The van der Waals surface area contributed by atoms with Crippen molar-refractivity contribution in [2.45, 2.75) is 19.4 Å². The first kappa shape index (κ1) is 10.7. The number of aliphatic carboxylic acids is 1. The molecule has 1 aromatic rings. The molecule has 4 heteroatoms. The lowest BCUT2D eigenvalue weighted by atomic mass is 10.0. The Labute approximate surface area is 81.4 Å². The number of benzene rings is 1. The van der Waals surface area contributed by atoms with Gasteiger partial charge in [-0.15, -0.1) is 0 Å². The van der Waals surface area contributed by atoms with E-state index in [-0.39, 0.29) is 12.2 Å². The van der Waals surface area contributed by atoms with Gasteiger partial charge in [0.05, 0.1) is 0 Å². The summed E-state index contributed by atoms with van der Waals surface area (Å²) in [4.78, 5) is 10.5. The number of carboxylic acid groups (broad SMARTS) is 1. The van der Waals surface area contributed by atoms with Gasteiger partial charge in [0, 0.05) is 0 Å². The highest BCUT2D eigenvalue weighted by atomic mass is 19.1. The molecule has 0 amide bonds. The number of hydrogen-bond donors (Lipinski definition) is 2. The number of carboxylic acids is 1. The van der Waals surface area contributed by atoms with Crippen molar-refractivity contribution in [1.82, 2.24) is 0 Å². The van der Waals surface area contributed by atoms with Crippen molar-refractivity contribution in [1.29, 1.82) is 0 Å². The Morgan fingerprint density at radius 3 is 2.86 bits per heavy atom. The summed E-state index contributed by atoms with van der Waals surface area (Å²) in [6, 6.07) is 3.59. The molecule has 3 nitrogen and oxygen atoms in total. The van der Waals surface area contributed by atoms with E-state index in [2.05, 4.69) is 0 Å². The predicted octanol–water partition coefficient (Wildman–Crippen LogP) is 1.09. The van der Waals surface area contributed by atoms with E-state index >= 15 is 0 Å². The summed E-state index contributed by atoms with van der Waals surface area (Å²) in [6.07, 6.45) is 0.152. The Morgan fingerprint density at radius 1 is 1.64 bits per heavy atom. The summed E-state index contributed by atoms with van der Waals surface area (Å²) in [6.45, 7) is 1.61. The molecule has 14 heavy (non-hydrogen) atoms. The molecule has 0 aliphatic heterocycles. The molecule has 0 aliphatic carbocycles. The maximum atomic E-state index is 13.0. The number of rotatable bonds is 3. The third kappa shape index (κ3) is 2.29. The van der Waals surface area contributed by atoms with Crippen LogP contribution in [0.3, 0.4) is 0 Å². The number of halogens is 1. The molecule has 3 N–H and O–H groups in total. The van der Waals surface area contributed by atoms with Crippen molar-refractivity contribution in [3.8, 4) is 0 Å². The van der Waals surface area contributed by atoms with Crippen LogP contribution in [0.2, 0.25) is 0 Å². The molecular formula is C10H12FNO2. The van der Waals surface area contributed by atoms with E-state index in [1.165, 1.54) is 6.07 Å². The first-order valence-corrected chi connectivity index (χ1v) is 4.24. The molecule has 0 spiro atoms. The topological polar surface area (TPSA) is 63.3 Å². The monoisotopic (exact) mass is 197 g/mol. The van der Waals surface area contributed by atoms with Crippen LogP contribution in [0.1, 0.15) is 11.1 Å². The van der Waals surface area contributed by atoms with Gasteiger partial charge in [-0.2, -0.15) is 0 Å². The third-order valence-electron chi connectivity index (χ3n) is 2.14. The van der Waals surface area contributed by atoms with Crippen molar-refractivity contribution in [2.75, 3.05) is 0 Å². The van der Waals surface area contributed by atoms with E-state index in [0.29, 0.717) is 11.1 Å². The molecule has 1 rings (SSSR count). The van der Waals surface area contributed by atoms with Crippen LogP contribution in [0.25, 0.3) is 0 Å². The highest BCUT2D eigenvalue weighted by Crippen LogP contribution is 2.13. The predicted molar refractivity (Wildman–Crippen MR) is 50.5 cm³/mol. The maximum Gasteiger partial charge on any atom is 0.320 e. The van der Waals surface area contributed by atoms with Crippen molar-refractivity contribution in [3.05, 3.63) is 35.1 Å². The molecule has 0 fully saturated rings. The van der Waals surface area contributed by atoms with E-state index in [1.54, 1.807) is 19.1 Å². The third-order valence-corrected chi connectivity index (χ3v) is 2.14. The Morgan fingerprint density at radius 2 is 2.29 bits per heavy atom. The first-order valence-electron chi connectivity index (χ1n) is 4.24. The number of nitrogens with two attached hydrogens (primary N) is 1. The lowest BCUT2D eigenvalue weighted by Gasteiger charge is -2.09. The minimum Gasteiger partial charge on any atom is -0.480 e. The Bertz CT molecular complexity index is 352. The Kier molecular flexibility index (Phi) is 3.19. The molecule has 0 radical (unpaired) electrons. The standard InChI is InChI=1S/C10H12FNO2/c1-6-7(3-2-4-8(6)11)5-9(12)10(13)14/h2-4,9H,5,12H2,1H3,(H,13,14)/t9-/m1/s1. The van der Waals surface area contributed by atoms with Crippen LogP contribution in [-0.2, 0) is 11.2 Å². The molecule has 0 aromatic heterocycles. The van der Waals surface area contributed by atoms with Gasteiger partial charge >= 0.3 is 5.97 Å². The van der Waals surface area contributed by atoms with E-state index in [4.69, 9.17) is 10.8 Å². The highest BCUT2D eigenvalue weighted by molar-refractivity contribution is 5.73. The van der Waals surface area contributed by atoms with E-state index in [0.717, 1.165) is 0 Å².